The van der Waals surface area contributed by atoms with E-state index in [4.69, 9.17) is 22.1 Å². The summed E-state index contributed by atoms with van der Waals surface area (Å²) in [6, 6.07) is 5.43. The van der Waals surface area contributed by atoms with E-state index in [9.17, 15) is 9.59 Å². The van der Waals surface area contributed by atoms with Crippen LogP contribution >= 0.6 is 11.6 Å². The third-order valence-electron chi connectivity index (χ3n) is 3.15. The van der Waals surface area contributed by atoms with Gasteiger partial charge in [-0.3, -0.25) is 9.59 Å². The molecule has 118 valence electrons. The lowest BCUT2D eigenvalue weighted by Gasteiger charge is -2.02. The van der Waals surface area contributed by atoms with Crippen molar-refractivity contribution in [3.8, 4) is 12.1 Å². The van der Waals surface area contributed by atoms with E-state index < -0.39 is 0 Å². The van der Waals surface area contributed by atoms with Gasteiger partial charge in [0.15, 0.2) is 0 Å². The molecule has 0 saturated heterocycles. The summed E-state index contributed by atoms with van der Waals surface area (Å²) in [5.74, 6) is 0. The lowest BCUT2D eigenvalue weighted by Crippen LogP contribution is -2.13. The number of aromatic nitrogens is 2. The summed E-state index contributed by atoms with van der Waals surface area (Å²) in [6.45, 7) is 6.89. The van der Waals surface area contributed by atoms with Crippen molar-refractivity contribution >= 4 is 11.6 Å². The zero-order valence-electron chi connectivity index (χ0n) is 13.2. The van der Waals surface area contributed by atoms with Gasteiger partial charge in [0.05, 0.1) is 5.02 Å². The molecule has 2 N–H and O–H groups in total. The SMILES string of the molecule is Cc1[nH]c(=O)c(C#N)c(C)c1Cl.Cc1cc(C)c(C#N)c(=O)[nH]1. The van der Waals surface area contributed by atoms with Crippen molar-refractivity contribution in [1.29, 1.82) is 10.5 Å². The maximum atomic E-state index is 11.1. The van der Waals surface area contributed by atoms with Crippen LogP contribution in [0.1, 0.15) is 33.6 Å². The fourth-order valence-electron chi connectivity index (χ4n) is 1.98. The molecule has 0 aliphatic rings. The van der Waals surface area contributed by atoms with Crippen LogP contribution in [0.25, 0.3) is 0 Å². The van der Waals surface area contributed by atoms with E-state index in [1.165, 1.54) is 0 Å². The molecule has 0 radical (unpaired) electrons. The van der Waals surface area contributed by atoms with Gasteiger partial charge in [0, 0.05) is 11.4 Å². The Morgan fingerprint density at radius 3 is 1.96 bits per heavy atom. The minimum atomic E-state index is -0.378. The number of nitrogens with zero attached hydrogens (tertiary/aromatic N) is 2. The maximum Gasteiger partial charge on any atom is 0.266 e. The third-order valence-corrected chi connectivity index (χ3v) is 3.72. The van der Waals surface area contributed by atoms with Gasteiger partial charge in [-0.25, -0.2) is 0 Å². The van der Waals surface area contributed by atoms with Crippen molar-refractivity contribution in [2.24, 2.45) is 0 Å². The summed E-state index contributed by atoms with van der Waals surface area (Å²) in [6.07, 6.45) is 0. The zero-order chi connectivity index (χ0) is 17.7. The van der Waals surface area contributed by atoms with Crippen molar-refractivity contribution in [3.05, 3.63) is 65.4 Å². The number of nitriles is 2. The largest absolute Gasteiger partial charge is 0.325 e. The van der Waals surface area contributed by atoms with Gasteiger partial charge >= 0.3 is 0 Å². The van der Waals surface area contributed by atoms with Gasteiger partial charge in [-0.1, -0.05) is 11.6 Å². The third kappa shape index (κ3) is 4.09. The van der Waals surface area contributed by atoms with E-state index in [-0.39, 0.29) is 22.2 Å². The van der Waals surface area contributed by atoms with Gasteiger partial charge in [0.2, 0.25) is 0 Å². The summed E-state index contributed by atoms with van der Waals surface area (Å²) in [7, 11) is 0. The molecular formula is C16H15ClN4O2. The number of hydrogen-bond donors (Lipinski definition) is 2. The predicted molar refractivity (Wildman–Crippen MR) is 87.5 cm³/mol. The Balaban J connectivity index is 0.000000231. The molecule has 0 atom stereocenters. The second-order valence-corrected chi connectivity index (χ2v) is 5.33. The quantitative estimate of drug-likeness (QED) is 0.771. The first kappa shape index (κ1) is 18.2. The van der Waals surface area contributed by atoms with Crippen LogP contribution in [0, 0.1) is 50.4 Å². The Labute approximate surface area is 138 Å². The first-order valence-electron chi connectivity index (χ1n) is 6.62. The molecule has 2 rings (SSSR count). The Morgan fingerprint density at radius 1 is 0.957 bits per heavy atom. The van der Waals surface area contributed by atoms with Crippen LogP contribution in [-0.4, -0.2) is 9.97 Å². The molecule has 0 fully saturated rings. The van der Waals surface area contributed by atoms with Crippen molar-refractivity contribution in [3.63, 3.8) is 0 Å². The normalized spacial score (nSPS) is 9.35. The number of pyridine rings is 2. The summed E-state index contributed by atoms with van der Waals surface area (Å²) in [5.41, 5.74) is 2.27. The van der Waals surface area contributed by atoms with E-state index in [0.29, 0.717) is 16.3 Å². The first-order valence-corrected chi connectivity index (χ1v) is 7.00. The highest BCUT2D eigenvalue weighted by molar-refractivity contribution is 6.32. The van der Waals surface area contributed by atoms with Crippen LogP contribution in [0.15, 0.2) is 15.7 Å². The minimum Gasteiger partial charge on any atom is -0.325 e. The van der Waals surface area contributed by atoms with Gasteiger partial charge in [-0.15, -0.1) is 0 Å². The standard InChI is InChI=1S/C8H7ClN2O.C8H8N2O/c1-4-6(3-10)8(12)11-5(2)7(4)9;1-5-3-6(2)10-8(11)7(5)4-9/h1-2H3,(H,11,12);3H,1-2H3,(H,10,11). The molecule has 0 spiro atoms. The van der Waals surface area contributed by atoms with Crippen LogP contribution in [-0.2, 0) is 0 Å². The van der Waals surface area contributed by atoms with Gasteiger partial charge in [-0.2, -0.15) is 10.5 Å². The van der Waals surface area contributed by atoms with Crippen molar-refractivity contribution in [2.45, 2.75) is 27.7 Å². The lowest BCUT2D eigenvalue weighted by molar-refractivity contribution is 1.10. The van der Waals surface area contributed by atoms with E-state index in [1.54, 1.807) is 39.8 Å². The molecule has 2 aromatic heterocycles. The Bertz CT molecular complexity index is 943. The van der Waals surface area contributed by atoms with Crippen molar-refractivity contribution in [1.82, 2.24) is 9.97 Å². The van der Waals surface area contributed by atoms with Crippen molar-refractivity contribution < 1.29 is 0 Å². The first-order chi connectivity index (χ1) is 10.7. The average molecular weight is 331 g/mol. The Kier molecular flexibility index (Phi) is 5.89. The molecule has 2 aromatic rings. The van der Waals surface area contributed by atoms with Gasteiger partial charge in [0.1, 0.15) is 23.3 Å². The molecule has 23 heavy (non-hydrogen) atoms. The summed E-state index contributed by atoms with van der Waals surface area (Å²) in [4.78, 5) is 27.2. The molecule has 0 aliphatic heterocycles. The number of aryl methyl sites for hydroxylation is 3. The van der Waals surface area contributed by atoms with Crippen LogP contribution in [0.4, 0.5) is 0 Å². The Hall–Kier alpha value is -2.83. The molecule has 7 heteroatoms. The van der Waals surface area contributed by atoms with Gasteiger partial charge < -0.3 is 9.97 Å². The molecule has 2 heterocycles. The fourth-order valence-corrected chi connectivity index (χ4v) is 2.12. The minimum absolute atomic E-state index is 0.0885. The van der Waals surface area contributed by atoms with Crippen LogP contribution in [0.3, 0.4) is 0 Å². The van der Waals surface area contributed by atoms with E-state index in [2.05, 4.69) is 9.97 Å². The highest BCUT2D eigenvalue weighted by Crippen LogP contribution is 2.17. The second kappa shape index (κ2) is 7.44. The van der Waals surface area contributed by atoms with Crippen LogP contribution < -0.4 is 11.1 Å². The van der Waals surface area contributed by atoms with E-state index in [1.807, 2.05) is 6.07 Å². The van der Waals surface area contributed by atoms with Gasteiger partial charge in [0.25, 0.3) is 11.1 Å². The highest BCUT2D eigenvalue weighted by Gasteiger charge is 2.09. The smallest absolute Gasteiger partial charge is 0.266 e. The monoisotopic (exact) mass is 330 g/mol. The number of H-pyrrole nitrogens is 2. The number of nitrogens with one attached hydrogen (secondary N) is 2. The molecule has 0 aromatic carbocycles. The topological polar surface area (TPSA) is 113 Å². The molecule has 0 saturated carbocycles. The highest BCUT2D eigenvalue weighted by atomic mass is 35.5. The Morgan fingerprint density at radius 2 is 1.48 bits per heavy atom. The van der Waals surface area contributed by atoms with Crippen molar-refractivity contribution in [2.75, 3.05) is 0 Å². The molecular weight excluding hydrogens is 316 g/mol. The van der Waals surface area contributed by atoms with Crippen LogP contribution in [0.5, 0.6) is 0 Å². The molecule has 6 nitrogen and oxygen atoms in total. The summed E-state index contributed by atoms with van der Waals surface area (Å²) in [5, 5.41) is 17.6. The molecule has 0 aliphatic carbocycles. The summed E-state index contributed by atoms with van der Waals surface area (Å²) >= 11 is 5.81. The van der Waals surface area contributed by atoms with Gasteiger partial charge in [-0.05, 0) is 44.9 Å². The fraction of sp³-hybridized carbons (Fsp3) is 0.250. The van der Waals surface area contributed by atoms with E-state index >= 15 is 0 Å². The maximum absolute atomic E-state index is 11.1. The number of aromatic amines is 2. The predicted octanol–water partition coefficient (Wildman–Crippen LogP) is 2.38. The van der Waals surface area contributed by atoms with Crippen LogP contribution in [0.2, 0.25) is 5.02 Å². The average Bonchev–Trinajstić information content (AvgIpc) is 2.45. The second-order valence-electron chi connectivity index (χ2n) is 4.96. The molecule has 0 bridgehead atoms. The summed E-state index contributed by atoms with van der Waals surface area (Å²) < 4.78 is 0. The molecule has 0 unspecified atom stereocenters. The molecule has 0 amide bonds. The number of hydrogen-bond acceptors (Lipinski definition) is 4. The number of halogens is 1. The number of rotatable bonds is 0. The lowest BCUT2D eigenvalue weighted by atomic mass is 10.1. The van der Waals surface area contributed by atoms with E-state index in [0.717, 1.165) is 11.3 Å². The zero-order valence-corrected chi connectivity index (χ0v) is 13.9.